The lowest BCUT2D eigenvalue weighted by atomic mass is 10.2. The number of benzene rings is 1. The number of fused-ring (bicyclic) bond motifs is 1. The zero-order chi connectivity index (χ0) is 12.1. The Balaban J connectivity index is 1.79. The summed E-state index contributed by atoms with van der Waals surface area (Å²) in [7, 11) is 4.25. The summed E-state index contributed by atoms with van der Waals surface area (Å²) in [6.45, 7) is 1.18. The number of aromatic nitrogens is 2. The molecule has 0 aliphatic heterocycles. The third-order valence-electron chi connectivity index (χ3n) is 2.96. The number of rotatable bonds is 6. The molecule has 0 aliphatic rings. The Morgan fingerprint density at radius 3 is 2.71 bits per heavy atom. The van der Waals surface area contributed by atoms with Gasteiger partial charge in [-0.15, -0.1) is 0 Å². The van der Waals surface area contributed by atoms with E-state index in [2.05, 4.69) is 41.1 Å². The van der Waals surface area contributed by atoms with Crippen molar-refractivity contribution >= 4 is 11.0 Å². The molecule has 1 heterocycles. The van der Waals surface area contributed by atoms with Crippen LogP contribution >= 0.6 is 0 Å². The van der Waals surface area contributed by atoms with Crippen molar-refractivity contribution in [2.24, 2.45) is 0 Å². The van der Waals surface area contributed by atoms with E-state index in [9.17, 15) is 0 Å². The van der Waals surface area contributed by atoms with Crippen molar-refractivity contribution in [3.63, 3.8) is 0 Å². The Bertz CT molecular complexity index is 426. The van der Waals surface area contributed by atoms with E-state index in [-0.39, 0.29) is 0 Å². The smallest absolute Gasteiger partial charge is 0.107 e. The lowest BCUT2D eigenvalue weighted by Gasteiger charge is -2.07. The van der Waals surface area contributed by atoms with E-state index in [1.807, 2.05) is 12.1 Å². The number of imidazole rings is 1. The molecule has 0 saturated carbocycles. The summed E-state index contributed by atoms with van der Waals surface area (Å²) in [6.07, 6.45) is 4.82. The molecule has 0 fully saturated rings. The van der Waals surface area contributed by atoms with Gasteiger partial charge < -0.3 is 9.88 Å². The lowest BCUT2D eigenvalue weighted by molar-refractivity contribution is 0.391. The second-order valence-corrected chi connectivity index (χ2v) is 4.81. The highest BCUT2D eigenvalue weighted by atomic mass is 15.0. The molecule has 0 radical (unpaired) electrons. The summed E-state index contributed by atoms with van der Waals surface area (Å²) in [4.78, 5) is 10.2. The van der Waals surface area contributed by atoms with Crippen molar-refractivity contribution < 1.29 is 0 Å². The Hall–Kier alpha value is -1.35. The van der Waals surface area contributed by atoms with Gasteiger partial charge in [0.05, 0.1) is 11.0 Å². The number of hydrogen-bond acceptors (Lipinski definition) is 2. The number of aromatic amines is 1. The summed E-state index contributed by atoms with van der Waals surface area (Å²) < 4.78 is 0. The van der Waals surface area contributed by atoms with Gasteiger partial charge in [0.15, 0.2) is 0 Å². The molecule has 1 N–H and O–H groups in total. The molecule has 0 aliphatic carbocycles. The van der Waals surface area contributed by atoms with Gasteiger partial charge in [-0.2, -0.15) is 0 Å². The normalized spacial score (nSPS) is 11.5. The first kappa shape index (κ1) is 12.1. The highest BCUT2D eigenvalue weighted by molar-refractivity contribution is 5.74. The first-order chi connectivity index (χ1) is 8.25. The Kier molecular flexibility index (Phi) is 4.15. The van der Waals surface area contributed by atoms with Crippen LogP contribution in [-0.2, 0) is 6.42 Å². The third-order valence-corrected chi connectivity index (χ3v) is 2.96. The molecule has 0 unspecified atom stereocenters. The maximum absolute atomic E-state index is 4.58. The molecule has 1 aromatic carbocycles. The van der Waals surface area contributed by atoms with Crippen LogP contribution in [0.5, 0.6) is 0 Å². The second-order valence-electron chi connectivity index (χ2n) is 4.81. The third kappa shape index (κ3) is 3.56. The molecular formula is C14H21N3. The van der Waals surface area contributed by atoms with Crippen LogP contribution in [0.3, 0.4) is 0 Å². The molecule has 2 aromatic rings. The summed E-state index contributed by atoms with van der Waals surface area (Å²) in [5.41, 5.74) is 2.23. The Morgan fingerprint density at radius 1 is 1.12 bits per heavy atom. The molecule has 92 valence electrons. The summed E-state index contributed by atoms with van der Waals surface area (Å²) >= 11 is 0. The second kappa shape index (κ2) is 5.82. The number of nitrogens with zero attached hydrogens (tertiary/aromatic N) is 2. The van der Waals surface area contributed by atoms with Crippen molar-refractivity contribution in [2.75, 3.05) is 20.6 Å². The van der Waals surface area contributed by atoms with Gasteiger partial charge in [0, 0.05) is 6.42 Å². The van der Waals surface area contributed by atoms with E-state index in [4.69, 9.17) is 0 Å². The maximum atomic E-state index is 4.58. The molecule has 0 spiro atoms. The fraction of sp³-hybridized carbons (Fsp3) is 0.500. The van der Waals surface area contributed by atoms with Crippen LogP contribution in [0.1, 0.15) is 25.1 Å². The van der Waals surface area contributed by atoms with E-state index < -0.39 is 0 Å². The predicted molar refractivity (Wildman–Crippen MR) is 72.2 cm³/mol. The van der Waals surface area contributed by atoms with Crippen LogP contribution in [0.2, 0.25) is 0 Å². The standard InChI is InChI=1S/C14H21N3/c1-17(2)11-7-3-4-10-14-15-12-8-5-6-9-13(12)16-14/h5-6,8-9H,3-4,7,10-11H2,1-2H3,(H,15,16). The predicted octanol–water partition coefficient (Wildman–Crippen LogP) is 2.84. The van der Waals surface area contributed by atoms with Crippen molar-refractivity contribution in [3.05, 3.63) is 30.1 Å². The number of H-pyrrole nitrogens is 1. The number of para-hydroxylation sites is 2. The van der Waals surface area contributed by atoms with Crippen LogP contribution in [-0.4, -0.2) is 35.5 Å². The molecule has 3 heteroatoms. The molecule has 0 saturated heterocycles. The van der Waals surface area contributed by atoms with Gasteiger partial charge >= 0.3 is 0 Å². The van der Waals surface area contributed by atoms with Crippen molar-refractivity contribution in [3.8, 4) is 0 Å². The highest BCUT2D eigenvalue weighted by Gasteiger charge is 2.01. The maximum Gasteiger partial charge on any atom is 0.107 e. The minimum absolute atomic E-state index is 1.06. The first-order valence-electron chi connectivity index (χ1n) is 6.34. The Morgan fingerprint density at radius 2 is 1.94 bits per heavy atom. The molecule has 0 atom stereocenters. The summed E-state index contributed by atoms with van der Waals surface area (Å²) in [6, 6.07) is 8.21. The number of nitrogens with one attached hydrogen (secondary N) is 1. The molecule has 0 amide bonds. The van der Waals surface area contributed by atoms with Crippen molar-refractivity contribution in [1.29, 1.82) is 0 Å². The SMILES string of the molecule is CN(C)CCCCCc1nc2ccccc2[nH]1. The van der Waals surface area contributed by atoms with Gasteiger partial charge in [-0.05, 0) is 45.6 Å². The topological polar surface area (TPSA) is 31.9 Å². The minimum Gasteiger partial charge on any atom is -0.342 e. The quantitative estimate of drug-likeness (QED) is 0.775. The van der Waals surface area contributed by atoms with Crippen molar-refractivity contribution in [2.45, 2.75) is 25.7 Å². The first-order valence-corrected chi connectivity index (χ1v) is 6.34. The largest absolute Gasteiger partial charge is 0.342 e. The molecule has 17 heavy (non-hydrogen) atoms. The van der Waals surface area contributed by atoms with E-state index in [0.29, 0.717) is 0 Å². The zero-order valence-electron chi connectivity index (χ0n) is 10.7. The minimum atomic E-state index is 1.06. The fourth-order valence-corrected chi connectivity index (χ4v) is 2.02. The number of unbranched alkanes of at least 4 members (excludes halogenated alkanes) is 2. The lowest BCUT2D eigenvalue weighted by Crippen LogP contribution is -2.12. The van der Waals surface area contributed by atoms with Gasteiger partial charge in [0.2, 0.25) is 0 Å². The van der Waals surface area contributed by atoms with E-state index in [0.717, 1.165) is 23.3 Å². The fourth-order valence-electron chi connectivity index (χ4n) is 2.02. The van der Waals surface area contributed by atoms with Crippen LogP contribution in [0.4, 0.5) is 0 Å². The Labute approximate surface area is 103 Å². The van der Waals surface area contributed by atoms with Crippen LogP contribution in [0.15, 0.2) is 24.3 Å². The van der Waals surface area contributed by atoms with Crippen LogP contribution in [0.25, 0.3) is 11.0 Å². The average Bonchev–Trinajstić information content (AvgIpc) is 2.70. The van der Waals surface area contributed by atoms with Gasteiger partial charge in [0.25, 0.3) is 0 Å². The molecular weight excluding hydrogens is 210 g/mol. The number of hydrogen-bond donors (Lipinski definition) is 1. The van der Waals surface area contributed by atoms with E-state index in [1.54, 1.807) is 0 Å². The molecule has 2 rings (SSSR count). The van der Waals surface area contributed by atoms with Gasteiger partial charge in [-0.3, -0.25) is 0 Å². The molecule has 1 aromatic heterocycles. The summed E-state index contributed by atoms with van der Waals surface area (Å²) in [5.74, 6) is 1.12. The van der Waals surface area contributed by atoms with E-state index >= 15 is 0 Å². The molecule has 0 bridgehead atoms. The van der Waals surface area contributed by atoms with Gasteiger partial charge in [0.1, 0.15) is 5.82 Å². The van der Waals surface area contributed by atoms with Crippen molar-refractivity contribution in [1.82, 2.24) is 14.9 Å². The van der Waals surface area contributed by atoms with Crippen LogP contribution < -0.4 is 0 Å². The highest BCUT2D eigenvalue weighted by Crippen LogP contribution is 2.12. The average molecular weight is 231 g/mol. The summed E-state index contributed by atoms with van der Waals surface area (Å²) in [5, 5.41) is 0. The van der Waals surface area contributed by atoms with Gasteiger partial charge in [-0.25, -0.2) is 4.98 Å². The number of aryl methyl sites for hydroxylation is 1. The van der Waals surface area contributed by atoms with Crippen LogP contribution in [0, 0.1) is 0 Å². The van der Waals surface area contributed by atoms with E-state index in [1.165, 1.54) is 25.8 Å². The zero-order valence-corrected chi connectivity index (χ0v) is 10.7. The van der Waals surface area contributed by atoms with Gasteiger partial charge in [-0.1, -0.05) is 18.6 Å². The monoisotopic (exact) mass is 231 g/mol. The molecule has 3 nitrogen and oxygen atoms in total.